The predicted molar refractivity (Wildman–Crippen MR) is 83.0 cm³/mol. The molecule has 6 heteroatoms. The van der Waals surface area contributed by atoms with Crippen LogP contribution in [0.5, 0.6) is 0 Å². The molecule has 0 aliphatic heterocycles. The van der Waals surface area contributed by atoms with Crippen molar-refractivity contribution in [2.45, 2.75) is 13.5 Å². The van der Waals surface area contributed by atoms with Crippen LogP contribution in [0.2, 0.25) is 5.02 Å². The van der Waals surface area contributed by atoms with Gasteiger partial charge in [-0.3, -0.25) is 0 Å². The van der Waals surface area contributed by atoms with E-state index in [4.69, 9.17) is 17.3 Å². The molecule has 0 spiro atoms. The van der Waals surface area contributed by atoms with Crippen molar-refractivity contribution in [3.8, 4) is 11.4 Å². The molecule has 0 fully saturated rings. The van der Waals surface area contributed by atoms with Crippen molar-refractivity contribution in [3.63, 3.8) is 0 Å². The first-order valence-corrected chi connectivity index (χ1v) is 6.88. The Bertz CT molecular complexity index is 764. The number of nitrogen functional groups attached to an aromatic ring is 1. The van der Waals surface area contributed by atoms with Crippen LogP contribution >= 0.6 is 11.6 Å². The molecule has 0 aliphatic rings. The molecule has 5 nitrogen and oxygen atoms in total. The molecule has 0 unspecified atom stereocenters. The first-order valence-electron chi connectivity index (χ1n) is 6.50. The number of nitrogens with two attached hydrogens (primary N) is 1. The van der Waals surface area contributed by atoms with Crippen LogP contribution in [0.3, 0.4) is 0 Å². The van der Waals surface area contributed by atoms with E-state index < -0.39 is 0 Å². The Kier molecular flexibility index (Phi) is 3.58. The van der Waals surface area contributed by atoms with Crippen molar-refractivity contribution in [2.75, 3.05) is 5.73 Å². The largest absolute Gasteiger partial charge is 0.398 e. The van der Waals surface area contributed by atoms with E-state index in [1.54, 1.807) is 16.8 Å². The SMILES string of the molecule is Cc1ccc(Cn2nnnc2-c2ccc(Cl)c(N)c2)cc1. The molecule has 2 N–H and O–H groups in total. The smallest absolute Gasteiger partial charge is 0.182 e. The molecule has 0 radical (unpaired) electrons. The number of benzene rings is 2. The second kappa shape index (κ2) is 5.54. The standard InChI is InChI=1S/C15H14ClN5/c1-10-2-4-11(5-3-10)9-21-15(18-19-20-21)12-6-7-13(16)14(17)8-12/h2-8H,9,17H2,1H3. The third kappa shape index (κ3) is 2.87. The van der Waals surface area contributed by atoms with Gasteiger partial charge in [-0.2, -0.15) is 0 Å². The molecule has 3 rings (SSSR count). The summed E-state index contributed by atoms with van der Waals surface area (Å²) in [5.41, 5.74) is 9.55. The number of aryl methyl sites for hydroxylation is 1. The van der Waals surface area contributed by atoms with Crippen molar-refractivity contribution in [1.29, 1.82) is 0 Å². The summed E-state index contributed by atoms with van der Waals surface area (Å²) >= 11 is 5.94. The van der Waals surface area contributed by atoms with Gasteiger partial charge in [0.05, 0.1) is 17.3 Å². The van der Waals surface area contributed by atoms with Crippen LogP contribution in [0.1, 0.15) is 11.1 Å². The Morgan fingerprint density at radius 3 is 2.62 bits per heavy atom. The third-order valence-electron chi connectivity index (χ3n) is 3.24. The van der Waals surface area contributed by atoms with Gasteiger partial charge in [0.1, 0.15) is 0 Å². The highest BCUT2D eigenvalue weighted by atomic mass is 35.5. The van der Waals surface area contributed by atoms with E-state index >= 15 is 0 Å². The predicted octanol–water partition coefficient (Wildman–Crippen LogP) is 2.93. The maximum Gasteiger partial charge on any atom is 0.182 e. The van der Waals surface area contributed by atoms with E-state index in [1.165, 1.54) is 5.56 Å². The lowest BCUT2D eigenvalue weighted by molar-refractivity contribution is 0.653. The highest BCUT2D eigenvalue weighted by Crippen LogP contribution is 2.25. The minimum absolute atomic E-state index is 0.513. The number of nitrogens with zero attached hydrogens (tertiary/aromatic N) is 4. The van der Waals surface area contributed by atoms with Crippen molar-refractivity contribution in [2.24, 2.45) is 0 Å². The molecule has 21 heavy (non-hydrogen) atoms. The summed E-state index contributed by atoms with van der Waals surface area (Å²) in [5, 5.41) is 12.4. The van der Waals surface area contributed by atoms with Crippen molar-refractivity contribution >= 4 is 17.3 Å². The summed E-state index contributed by atoms with van der Waals surface area (Å²) < 4.78 is 1.74. The number of hydrogen-bond acceptors (Lipinski definition) is 4. The Hall–Kier alpha value is -2.40. The molecule has 1 aromatic heterocycles. The van der Waals surface area contributed by atoms with Crippen LogP contribution < -0.4 is 5.73 Å². The second-order valence-corrected chi connectivity index (χ2v) is 5.29. The average Bonchev–Trinajstić information content (AvgIpc) is 2.92. The fourth-order valence-electron chi connectivity index (χ4n) is 2.07. The zero-order chi connectivity index (χ0) is 14.8. The summed E-state index contributed by atoms with van der Waals surface area (Å²) in [7, 11) is 0. The highest BCUT2D eigenvalue weighted by Gasteiger charge is 2.10. The maximum atomic E-state index is 5.94. The first-order chi connectivity index (χ1) is 10.1. The lowest BCUT2D eigenvalue weighted by Gasteiger charge is -2.06. The van der Waals surface area contributed by atoms with Gasteiger partial charge in [0.15, 0.2) is 5.82 Å². The van der Waals surface area contributed by atoms with E-state index in [0.29, 0.717) is 23.1 Å². The number of anilines is 1. The summed E-state index contributed by atoms with van der Waals surface area (Å²) in [6, 6.07) is 13.7. The van der Waals surface area contributed by atoms with Gasteiger partial charge in [-0.05, 0) is 41.1 Å². The van der Waals surface area contributed by atoms with Gasteiger partial charge in [0, 0.05) is 5.56 Å². The third-order valence-corrected chi connectivity index (χ3v) is 3.58. The minimum Gasteiger partial charge on any atom is -0.398 e. The molecule has 0 saturated heterocycles. The van der Waals surface area contributed by atoms with Gasteiger partial charge >= 0.3 is 0 Å². The van der Waals surface area contributed by atoms with Crippen molar-refractivity contribution in [1.82, 2.24) is 20.2 Å². The number of rotatable bonds is 3. The highest BCUT2D eigenvalue weighted by molar-refractivity contribution is 6.33. The maximum absolute atomic E-state index is 5.94. The summed E-state index contributed by atoms with van der Waals surface area (Å²) in [6.07, 6.45) is 0. The van der Waals surface area contributed by atoms with Gasteiger partial charge in [-0.15, -0.1) is 5.10 Å². The van der Waals surface area contributed by atoms with E-state index in [-0.39, 0.29) is 0 Å². The lowest BCUT2D eigenvalue weighted by Crippen LogP contribution is -2.04. The van der Waals surface area contributed by atoms with E-state index in [2.05, 4.69) is 46.7 Å². The molecular formula is C15H14ClN5. The van der Waals surface area contributed by atoms with Crippen LogP contribution in [-0.4, -0.2) is 20.2 Å². The molecule has 0 atom stereocenters. The fourth-order valence-corrected chi connectivity index (χ4v) is 2.18. The van der Waals surface area contributed by atoms with Crippen LogP contribution in [0, 0.1) is 6.92 Å². The van der Waals surface area contributed by atoms with Gasteiger partial charge in [-0.25, -0.2) is 4.68 Å². The fraction of sp³-hybridized carbons (Fsp3) is 0.133. The average molecular weight is 300 g/mol. The number of aromatic nitrogens is 4. The Morgan fingerprint density at radius 1 is 1.14 bits per heavy atom. The van der Waals surface area contributed by atoms with Crippen molar-refractivity contribution in [3.05, 3.63) is 58.6 Å². The van der Waals surface area contributed by atoms with Gasteiger partial charge in [0.2, 0.25) is 0 Å². The van der Waals surface area contributed by atoms with Crippen LogP contribution in [-0.2, 0) is 6.54 Å². The minimum atomic E-state index is 0.513. The lowest BCUT2D eigenvalue weighted by atomic mass is 10.1. The van der Waals surface area contributed by atoms with E-state index in [1.807, 2.05) is 6.07 Å². The molecule has 2 aromatic carbocycles. The number of halogens is 1. The van der Waals surface area contributed by atoms with E-state index in [0.717, 1.165) is 11.1 Å². The van der Waals surface area contributed by atoms with Gasteiger partial charge < -0.3 is 5.73 Å². The van der Waals surface area contributed by atoms with E-state index in [9.17, 15) is 0 Å². The Morgan fingerprint density at radius 2 is 1.90 bits per heavy atom. The van der Waals surface area contributed by atoms with Gasteiger partial charge in [-0.1, -0.05) is 41.4 Å². The molecule has 0 saturated carbocycles. The molecule has 0 aliphatic carbocycles. The van der Waals surface area contributed by atoms with Crippen LogP contribution in [0.4, 0.5) is 5.69 Å². The molecule has 0 bridgehead atoms. The van der Waals surface area contributed by atoms with Crippen molar-refractivity contribution < 1.29 is 0 Å². The summed E-state index contributed by atoms with van der Waals surface area (Å²) in [6.45, 7) is 2.66. The first kappa shape index (κ1) is 13.6. The zero-order valence-corrected chi connectivity index (χ0v) is 12.2. The zero-order valence-electron chi connectivity index (χ0n) is 11.5. The summed E-state index contributed by atoms with van der Waals surface area (Å²) in [5.74, 6) is 0.666. The second-order valence-electron chi connectivity index (χ2n) is 4.88. The van der Waals surface area contributed by atoms with Gasteiger partial charge in [0.25, 0.3) is 0 Å². The van der Waals surface area contributed by atoms with Crippen LogP contribution in [0.25, 0.3) is 11.4 Å². The topological polar surface area (TPSA) is 69.6 Å². The van der Waals surface area contributed by atoms with Crippen LogP contribution in [0.15, 0.2) is 42.5 Å². The molecule has 3 aromatic rings. The Labute approximate surface area is 127 Å². The number of hydrogen-bond donors (Lipinski definition) is 1. The monoisotopic (exact) mass is 299 g/mol. The quantitative estimate of drug-likeness (QED) is 0.755. The molecule has 1 heterocycles. The normalized spacial score (nSPS) is 10.8. The summed E-state index contributed by atoms with van der Waals surface area (Å²) in [4.78, 5) is 0. The molecular weight excluding hydrogens is 286 g/mol. The molecule has 0 amide bonds. The Balaban J connectivity index is 1.93. The molecule has 106 valence electrons. The number of tetrazole rings is 1.